The van der Waals surface area contributed by atoms with Crippen molar-refractivity contribution in [3.05, 3.63) is 82.9 Å². The largest absolute Gasteiger partial charge is 0.497 e. The fourth-order valence-electron chi connectivity index (χ4n) is 6.79. The van der Waals surface area contributed by atoms with Crippen LogP contribution in [0.5, 0.6) is 57.5 Å². The molecule has 0 amide bonds. The van der Waals surface area contributed by atoms with E-state index in [2.05, 4.69) is 0 Å². The van der Waals surface area contributed by atoms with Crippen molar-refractivity contribution >= 4 is 0 Å². The summed E-state index contributed by atoms with van der Waals surface area (Å²) in [7, 11) is 14.1. The molecular formula is C40H46O14. The summed E-state index contributed by atoms with van der Waals surface area (Å²) in [6, 6.07) is 17.7. The molecule has 0 spiro atoms. The van der Waals surface area contributed by atoms with Crippen molar-refractivity contribution in [2.24, 2.45) is 0 Å². The lowest BCUT2D eigenvalue weighted by Gasteiger charge is -2.34. The van der Waals surface area contributed by atoms with E-state index in [9.17, 15) is 0 Å². The normalized spacial score (nSPS) is 17.0. The van der Waals surface area contributed by atoms with Crippen LogP contribution in [0.4, 0.5) is 0 Å². The summed E-state index contributed by atoms with van der Waals surface area (Å²) in [5.74, 6) is 1.56. The molecule has 290 valence electrons. The molecule has 1 unspecified atom stereocenters. The first kappa shape index (κ1) is 38.4. The van der Waals surface area contributed by atoms with Crippen LogP contribution in [-0.4, -0.2) is 96.5 Å². The van der Waals surface area contributed by atoms with Gasteiger partial charge in [0, 0.05) is 36.4 Å². The monoisotopic (exact) mass is 750 g/mol. The van der Waals surface area contributed by atoms with E-state index in [1.807, 2.05) is 24.3 Å². The first-order chi connectivity index (χ1) is 26.3. The van der Waals surface area contributed by atoms with Crippen LogP contribution in [0.3, 0.4) is 0 Å². The van der Waals surface area contributed by atoms with Gasteiger partial charge in [-0.2, -0.15) is 0 Å². The Bertz CT molecular complexity index is 1840. The lowest BCUT2D eigenvalue weighted by Crippen LogP contribution is -2.33. The Balaban J connectivity index is 1.44. The highest BCUT2D eigenvalue weighted by Crippen LogP contribution is 2.55. The summed E-state index contributed by atoms with van der Waals surface area (Å²) in [5, 5.41) is 0. The molecule has 4 aromatic carbocycles. The second-order valence-corrected chi connectivity index (χ2v) is 12.0. The van der Waals surface area contributed by atoms with E-state index >= 15 is 0 Å². The van der Waals surface area contributed by atoms with Gasteiger partial charge in [0.25, 0.3) is 0 Å². The van der Waals surface area contributed by atoms with Crippen LogP contribution in [0.2, 0.25) is 0 Å². The zero-order chi connectivity index (χ0) is 38.5. The smallest absolute Gasteiger partial charge is 0.237 e. The van der Waals surface area contributed by atoms with E-state index in [4.69, 9.17) is 66.3 Å². The van der Waals surface area contributed by atoms with Gasteiger partial charge in [-0.05, 0) is 24.3 Å². The Morgan fingerprint density at radius 2 is 0.870 bits per heavy atom. The van der Waals surface area contributed by atoms with Crippen LogP contribution < -0.4 is 47.4 Å². The van der Waals surface area contributed by atoms with Crippen molar-refractivity contribution in [3.8, 4) is 57.5 Å². The Kier molecular flexibility index (Phi) is 11.7. The van der Waals surface area contributed by atoms with Gasteiger partial charge in [-0.1, -0.05) is 0 Å². The number of ether oxygens (including phenoxy) is 14. The summed E-state index contributed by atoms with van der Waals surface area (Å²) in [4.78, 5) is 0. The molecule has 2 fully saturated rings. The minimum atomic E-state index is -1.60. The molecule has 0 radical (unpaired) electrons. The molecule has 54 heavy (non-hydrogen) atoms. The molecule has 2 heterocycles. The minimum Gasteiger partial charge on any atom is -0.497 e. The van der Waals surface area contributed by atoms with Crippen LogP contribution in [0.15, 0.2) is 60.7 Å². The average Bonchev–Trinajstić information content (AvgIpc) is 3.90. The molecule has 2 aliphatic rings. The van der Waals surface area contributed by atoms with Crippen LogP contribution in [0, 0.1) is 0 Å². The van der Waals surface area contributed by atoms with E-state index in [1.165, 1.54) is 0 Å². The molecule has 0 bridgehead atoms. The summed E-state index contributed by atoms with van der Waals surface area (Å²) < 4.78 is 84.8. The summed E-state index contributed by atoms with van der Waals surface area (Å²) in [6.45, 7) is 0.638. The number of hydrogen-bond acceptors (Lipinski definition) is 14. The maximum absolute atomic E-state index is 6.89. The predicted molar refractivity (Wildman–Crippen MR) is 195 cm³/mol. The van der Waals surface area contributed by atoms with Gasteiger partial charge in [0.2, 0.25) is 11.6 Å². The van der Waals surface area contributed by atoms with Gasteiger partial charge in [-0.15, -0.1) is 0 Å². The number of benzene rings is 4. The van der Waals surface area contributed by atoms with Crippen molar-refractivity contribution < 1.29 is 66.3 Å². The fourth-order valence-corrected chi connectivity index (χ4v) is 6.79. The third-order valence-electron chi connectivity index (χ3n) is 9.32. The molecular weight excluding hydrogens is 704 g/mol. The molecule has 4 aromatic rings. The van der Waals surface area contributed by atoms with Crippen molar-refractivity contribution in [3.63, 3.8) is 0 Å². The van der Waals surface area contributed by atoms with Gasteiger partial charge in [-0.25, -0.2) is 0 Å². The highest BCUT2D eigenvalue weighted by Gasteiger charge is 2.52. The molecule has 2 saturated heterocycles. The average molecular weight is 751 g/mol. The molecule has 0 aromatic heterocycles. The lowest BCUT2D eigenvalue weighted by molar-refractivity contribution is -0.148. The molecule has 14 nitrogen and oxygen atoms in total. The summed E-state index contributed by atoms with van der Waals surface area (Å²) in [6.07, 6.45) is -0.625. The van der Waals surface area contributed by atoms with Gasteiger partial charge >= 0.3 is 0 Å². The van der Waals surface area contributed by atoms with Gasteiger partial charge in [0.05, 0.1) is 94.9 Å². The number of rotatable bonds is 16. The molecule has 6 rings (SSSR count). The van der Waals surface area contributed by atoms with Gasteiger partial charge in [0.15, 0.2) is 0 Å². The molecule has 14 heteroatoms. The van der Waals surface area contributed by atoms with Gasteiger partial charge in [-0.3, -0.25) is 0 Å². The van der Waals surface area contributed by atoms with Gasteiger partial charge in [0.1, 0.15) is 81.3 Å². The first-order valence-electron chi connectivity index (χ1n) is 17.0. The SMILES string of the molecule is COc1ccc(C2(c3ccc(OC)cc3OC)OCC(COc3cc(OC)cc(OC)c3C3(c4c(OC)cc(OC)cc4OC)OCCO3)O2)c(OC)c1. The molecule has 0 saturated carbocycles. The standard InChI is InChI=1S/C40H46O14/c1-41-24-10-12-29(31(16-24)45-5)39(30-13-11-25(42-2)17-32(30)46-6)53-23-28(54-39)22-50-36-21-27(44-4)20-35(49-9)38(36)40(51-14-15-52-40)37-33(47-7)18-26(43-3)19-34(37)48-8/h10-13,16-21,28H,14-15,22-23H2,1-9H3. The third-order valence-corrected chi connectivity index (χ3v) is 9.32. The second-order valence-electron chi connectivity index (χ2n) is 12.0. The van der Waals surface area contributed by atoms with Crippen molar-refractivity contribution in [2.75, 3.05) is 90.4 Å². The first-order valence-corrected chi connectivity index (χ1v) is 17.0. The zero-order valence-electron chi connectivity index (χ0n) is 31.9. The van der Waals surface area contributed by atoms with Crippen LogP contribution in [0.25, 0.3) is 0 Å². The summed E-state index contributed by atoms with van der Waals surface area (Å²) >= 11 is 0. The van der Waals surface area contributed by atoms with E-state index in [0.717, 1.165) is 0 Å². The quantitative estimate of drug-likeness (QED) is 0.139. The molecule has 0 aliphatic carbocycles. The molecule has 0 N–H and O–H groups in total. The Labute approximate surface area is 314 Å². The van der Waals surface area contributed by atoms with Crippen molar-refractivity contribution in [2.45, 2.75) is 17.7 Å². The molecule has 2 aliphatic heterocycles. The lowest BCUT2D eigenvalue weighted by atomic mass is 9.93. The van der Waals surface area contributed by atoms with E-state index in [0.29, 0.717) is 79.7 Å². The van der Waals surface area contributed by atoms with E-state index in [-0.39, 0.29) is 26.4 Å². The van der Waals surface area contributed by atoms with Crippen molar-refractivity contribution in [1.29, 1.82) is 0 Å². The fraction of sp³-hybridized carbons (Fsp3) is 0.400. The van der Waals surface area contributed by atoms with Crippen molar-refractivity contribution in [1.82, 2.24) is 0 Å². The number of hydrogen-bond donors (Lipinski definition) is 0. The summed E-state index contributed by atoms with van der Waals surface area (Å²) in [5.41, 5.74) is 2.05. The third kappa shape index (κ3) is 6.81. The van der Waals surface area contributed by atoms with Crippen LogP contribution >= 0.6 is 0 Å². The highest BCUT2D eigenvalue weighted by atomic mass is 16.8. The second kappa shape index (κ2) is 16.4. The topological polar surface area (TPSA) is 129 Å². The van der Waals surface area contributed by atoms with E-state index < -0.39 is 17.7 Å². The van der Waals surface area contributed by atoms with Gasteiger partial charge < -0.3 is 66.3 Å². The zero-order valence-corrected chi connectivity index (χ0v) is 31.9. The Morgan fingerprint density at radius 1 is 0.463 bits per heavy atom. The Morgan fingerprint density at radius 3 is 1.30 bits per heavy atom. The van der Waals surface area contributed by atoms with Crippen LogP contribution in [-0.2, 0) is 30.5 Å². The maximum atomic E-state index is 6.89. The predicted octanol–water partition coefficient (Wildman–Crippen LogP) is 5.71. The Hall–Kier alpha value is -5.28. The van der Waals surface area contributed by atoms with E-state index in [1.54, 1.807) is 100 Å². The maximum Gasteiger partial charge on any atom is 0.237 e. The number of methoxy groups -OCH3 is 9. The molecule has 1 atom stereocenters. The van der Waals surface area contributed by atoms with Crippen LogP contribution in [0.1, 0.15) is 22.3 Å². The highest BCUT2D eigenvalue weighted by molar-refractivity contribution is 5.62. The minimum absolute atomic E-state index is 0.00890.